The van der Waals surface area contributed by atoms with Crippen LogP contribution in [0.5, 0.6) is 0 Å². The lowest BCUT2D eigenvalue weighted by molar-refractivity contribution is -0.125. The van der Waals surface area contributed by atoms with Crippen molar-refractivity contribution in [3.63, 3.8) is 0 Å². The summed E-state index contributed by atoms with van der Waals surface area (Å²) in [5, 5.41) is 6.29. The summed E-state index contributed by atoms with van der Waals surface area (Å²) in [6.07, 6.45) is 4.82. The van der Waals surface area contributed by atoms with Gasteiger partial charge in [-0.1, -0.05) is 0 Å². The molecule has 0 aromatic rings. The SMILES string of the molecule is O=C(NCC1CC1)[C@@H]1CCCNC1. The van der Waals surface area contributed by atoms with Crippen LogP contribution in [0, 0.1) is 11.8 Å². The summed E-state index contributed by atoms with van der Waals surface area (Å²) in [4.78, 5) is 11.6. The summed E-state index contributed by atoms with van der Waals surface area (Å²) in [6, 6.07) is 0. The van der Waals surface area contributed by atoms with Crippen molar-refractivity contribution in [3.8, 4) is 0 Å². The van der Waals surface area contributed by atoms with Crippen molar-refractivity contribution in [1.29, 1.82) is 0 Å². The Labute approximate surface area is 79.3 Å². The minimum Gasteiger partial charge on any atom is -0.356 e. The molecule has 13 heavy (non-hydrogen) atoms. The molecule has 2 aliphatic rings. The second-order valence-corrected chi connectivity index (χ2v) is 4.23. The molecule has 2 fully saturated rings. The van der Waals surface area contributed by atoms with E-state index in [4.69, 9.17) is 0 Å². The maximum absolute atomic E-state index is 11.6. The van der Waals surface area contributed by atoms with Crippen molar-refractivity contribution >= 4 is 5.91 Å². The third kappa shape index (κ3) is 2.69. The van der Waals surface area contributed by atoms with Crippen molar-refractivity contribution in [1.82, 2.24) is 10.6 Å². The Morgan fingerprint density at radius 3 is 2.85 bits per heavy atom. The third-order valence-electron chi connectivity index (χ3n) is 2.93. The molecule has 0 bridgehead atoms. The van der Waals surface area contributed by atoms with Gasteiger partial charge in [-0.25, -0.2) is 0 Å². The van der Waals surface area contributed by atoms with Crippen LogP contribution in [-0.4, -0.2) is 25.5 Å². The van der Waals surface area contributed by atoms with Gasteiger partial charge >= 0.3 is 0 Å². The Hall–Kier alpha value is -0.570. The predicted molar refractivity (Wildman–Crippen MR) is 51.3 cm³/mol. The van der Waals surface area contributed by atoms with Gasteiger partial charge in [-0.05, 0) is 38.1 Å². The maximum Gasteiger partial charge on any atom is 0.224 e. The molecule has 3 heteroatoms. The summed E-state index contributed by atoms with van der Waals surface area (Å²) in [6.45, 7) is 2.86. The average Bonchev–Trinajstić information content (AvgIpc) is 2.99. The van der Waals surface area contributed by atoms with E-state index >= 15 is 0 Å². The number of hydrogen-bond donors (Lipinski definition) is 2. The highest BCUT2D eigenvalue weighted by molar-refractivity contribution is 5.78. The van der Waals surface area contributed by atoms with Gasteiger partial charge < -0.3 is 10.6 Å². The molecule has 1 aliphatic carbocycles. The van der Waals surface area contributed by atoms with Crippen molar-refractivity contribution in [2.24, 2.45) is 11.8 Å². The average molecular weight is 182 g/mol. The minimum absolute atomic E-state index is 0.229. The molecule has 0 unspecified atom stereocenters. The molecule has 0 aromatic heterocycles. The molecule has 0 spiro atoms. The Bertz CT molecular complexity index is 183. The number of carbonyl (C=O) groups is 1. The first-order valence-corrected chi connectivity index (χ1v) is 5.34. The highest BCUT2D eigenvalue weighted by Gasteiger charge is 2.25. The number of piperidine rings is 1. The van der Waals surface area contributed by atoms with E-state index in [0.29, 0.717) is 0 Å². The van der Waals surface area contributed by atoms with Crippen LogP contribution in [0.25, 0.3) is 0 Å². The van der Waals surface area contributed by atoms with Gasteiger partial charge in [0.05, 0.1) is 5.92 Å². The Morgan fingerprint density at radius 2 is 2.23 bits per heavy atom. The zero-order valence-electron chi connectivity index (χ0n) is 8.01. The molecule has 0 radical (unpaired) electrons. The lowest BCUT2D eigenvalue weighted by atomic mass is 9.99. The monoisotopic (exact) mass is 182 g/mol. The van der Waals surface area contributed by atoms with E-state index in [2.05, 4.69) is 10.6 Å². The van der Waals surface area contributed by atoms with Crippen LogP contribution in [0.3, 0.4) is 0 Å². The van der Waals surface area contributed by atoms with Crippen LogP contribution in [-0.2, 0) is 4.79 Å². The van der Waals surface area contributed by atoms with E-state index in [1.165, 1.54) is 12.8 Å². The van der Waals surface area contributed by atoms with E-state index in [0.717, 1.165) is 38.4 Å². The van der Waals surface area contributed by atoms with Crippen molar-refractivity contribution in [2.45, 2.75) is 25.7 Å². The lowest BCUT2D eigenvalue weighted by Crippen LogP contribution is -2.41. The zero-order chi connectivity index (χ0) is 9.10. The molecule has 1 saturated carbocycles. The molecule has 2 rings (SSSR count). The van der Waals surface area contributed by atoms with Crippen LogP contribution in [0.1, 0.15) is 25.7 Å². The van der Waals surface area contributed by atoms with Gasteiger partial charge in [-0.2, -0.15) is 0 Å². The first-order valence-electron chi connectivity index (χ1n) is 5.34. The molecule has 3 nitrogen and oxygen atoms in total. The Morgan fingerprint density at radius 1 is 1.38 bits per heavy atom. The quantitative estimate of drug-likeness (QED) is 0.668. The molecule has 2 N–H and O–H groups in total. The van der Waals surface area contributed by atoms with E-state index in [1.807, 2.05) is 0 Å². The summed E-state index contributed by atoms with van der Waals surface area (Å²) >= 11 is 0. The van der Waals surface area contributed by atoms with Crippen molar-refractivity contribution < 1.29 is 4.79 Å². The fourth-order valence-electron chi connectivity index (χ4n) is 1.79. The summed E-state index contributed by atoms with van der Waals surface area (Å²) < 4.78 is 0. The van der Waals surface area contributed by atoms with Crippen molar-refractivity contribution in [2.75, 3.05) is 19.6 Å². The van der Waals surface area contributed by atoms with Crippen LogP contribution in [0.4, 0.5) is 0 Å². The maximum atomic E-state index is 11.6. The highest BCUT2D eigenvalue weighted by atomic mass is 16.1. The smallest absolute Gasteiger partial charge is 0.224 e. The normalized spacial score (nSPS) is 28.5. The number of amides is 1. The molecule has 1 amide bonds. The van der Waals surface area contributed by atoms with Gasteiger partial charge in [0, 0.05) is 13.1 Å². The predicted octanol–water partition coefficient (Wildman–Crippen LogP) is 0.512. The van der Waals surface area contributed by atoms with Gasteiger partial charge in [0.15, 0.2) is 0 Å². The Kier molecular flexibility index (Phi) is 2.83. The van der Waals surface area contributed by atoms with E-state index in [-0.39, 0.29) is 11.8 Å². The summed E-state index contributed by atoms with van der Waals surface area (Å²) in [5.74, 6) is 1.28. The molecule has 1 saturated heterocycles. The van der Waals surface area contributed by atoms with Gasteiger partial charge in [-0.15, -0.1) is 0 Å². The van der Waals surface area contributed by atoms with Crippen LogP contribution < -0.4 is 10.6 Å². The molecule has 0 aromatic carbocycles. The van der Waals surface area contributed by atoms with Crippen LogP contribution in [0.15, 0.2) is 0 Å². The van der Waals surface area contributed by atoms with Crippen molar-refractivity contribution in [3.05, 3.63) is 0 Å². The topological polar surface area (TPSA) is 41.1 Å². The molecule has 1 heterocycles. The summed E-state index contributed by atoms with van der Waals surface area (Å²) in [5.41, 5.74) is 0. The molecule has 74 valence electrons. The summed E-state index contributed by atoms with van der Waals surface area (Å²) in [7, 11) is 0. The van der Waals surface area contributed by atoms with Crippen LogP contribution in [0.2, 0.25) is 0 Å². The number of rotatable bonds is 3. The molecule has 1 aliphatic heterocycles. The Balaban J connectivity index is 1.67. The fraction of sp³-hybridized carbons (Fsp3) is 0.900. The largest absolute Gasteiger partial charge is 0.356 e. The fourth-order valence-corrected chi connectivity index (χ4v) is 1.79. The van der Waals surface area contributed by atoms with E-state index < -0.39 is 0 Å². The van der Waals surface area contributed by atoms with Gasteiger partial charge in [0.2, 0.25) is 5.91 Å². The number of hydrogen-bond acceptors (Lipinski definition) is 2. The molecular formula is C10H18N2O. The van der Waals surface area contributed by atoms with Gasteiger partial charge in [0.1, 0.15) is 0 Å². The lowest BCUT2D eigenvalue weighted by Gasteiger charge is -2.21. The van der Waals surface area contributed by atoms with Gasteiger partial charge in [-0.3, -0.25) is 4.79 Å². The van der Waals surface area contributed by atoms with Crippen LogP contribution >= 0.6 is 0 Å². The van der Waals surface area contributed by atoms with Gasteiger partial charge in [0.25, 0.3) is 0 Å². The van der Waals surface area contributed by atoms with E-state index in [1.54, 1.807) is 0 Å². The number of carbonyl (C=O) groups excluding carboxylic acids is 1. The second kappa shape index (κ2) is 4.09. The third-order valence-corrected chi connectivity index (χ3v) is 2.93. The highest BCUT2D eigenvalue weighted by Crippen LogP contribution is 2.27. The molecule has 1 atom stereocenters. The number of nitrogens with one attached hydrogen (secondary N) is 2. The first-order chi connectivity index (χ1) is 6.36. The first kappa shape index (κ1) is 9.00. The standard InChI is InChI=1S/C10H18N2O/c13-10(12-6-8-3-4-8)9-2-1-5-11-7-9/h8-9,11H,1-7H2,(H,12,13)/t9-/m1/s1. The zero-order valence-corrected chi connectivity index (χ0v) is 8.01. The molecular weight excluding hydrogens is 164 g/mol. The minimum atomic E-state index is 0.229. The second-order valence-electron chi connectivity index (χ2n) is 4.23. The van der Waals surface area contributed by atoms with E-state index in [9.17, 15) is 4.79 Å².